The minimum atomic E-state index is -0.694. The molecule has 3 heteroatoms. The molecule has 1 aliphatic carbocycles. The van der Waals surface area contributed by atoms with Crippen LogP contribution in [0.5, 0.6) is 0 Å². The van der Waals surface area contributed by atoms with Crippen LogP contribution >= 0.6 is 0 Å². The summed E-state index contributed by atoms with van der Waals surface area (Å²) in [5, 5.41) is 4.26. The summed E-state index contributed by atoms with van der Waals surface area (Å²) in [5.74, 6) is 0.513. The summed E-state index contributed by atoms with van der Waals surface area (Å²) in [6.45, 7) is 9.68. The number of hydrogen-bond acceptors (Lipinski definition) is 2. The fourth-order valence-corrected chi connectivity index (χ4v) is 4.81. The Bertz CT molecular complexity index is 255. The summed E-state index contributed by atoms with van der Waals surface area (Å²) < 4.78 is 12.8. The third kappa shape index (κ3) is 4.65. The van der Waals surface area contributed by atoms with Crippen LogP contribution in [0.1, 0.15) is 66.2 Å². The van der Waals surface area contributed by atoms with Crippen LogP contribution in [-0.2, 0) is 10.8 Å². The van der Waals surface area contributed by atoms with Crippen molar-refractivity contribution < 1.29 is 4.21 Å². The van der Waals surface area contributed by atoms with Gasteiger partial charge in [0.25, 0.3) is 0 Å². The van der Waals surface area contributed by atoms with E-state index in [1.54, 1.807) is 0 Å². The molecule has 2 nitrogen and oxygen atoms in total. The van der Waals surface area contributed by atoms with E-state index in [-0.39, 0.29) is 0 Å². The van der Waals surface area contributed by atoms with Gasteiger partial charge in [0.15, 0.2) is 0 Å². The molecule has 1 aliphatic rings. The van der Waals surface area contributed by atoms with E-state index in [9.17, 15) is 4.21 Å². The molecule has 0 amide bonds. The molecule has 0 saturated heterocycles. The SMILES string of the molecule is CCNC1CCCCCCC1S(=O)C(C)C(C)C. The monoisotopic (exact) mass is 273 g/mol. The van der Waals surface area contributed by atoms with Gasteiger partial charge in [-0.3, -0.25) is 4.21 Å². The summed E-state index contributed by atoms with van der Waals surface area (Å²) in [6, 6.07) is 0.470. The second-order valence-electron chi connectivity index (χ2n) is 5.97. The first-order valence-electron chi connectivity index (χ1n) is 7.70. The first-order chi connectivity index (χ1) is 8.57. The van der Waals surface area contributed by atoms with Gasteiger partial charge in [0.2, 0.25) is 0 Å². The first-order valence-corrected chi connectivity index (χ1v) is 8.98. The van der Waals surface area contributed by atoms with E-state index in [1.165, 1.54) is 32.1 Å². The zero-order valence-electron chi connectivity index (χ0n) is 12.6. The standard InChI is InChI=1S/C15H31NOS/c1-5-16-14-10-8-6-7-9-11-15(14)18(17)13(4)12(2)3/h12-16H,5-11H2,1-4H3. The molecule has 0 aromatic heterocycles. The lowest BCUT2D eigenvalue weighted by Crippen LogP contribution is -2.45. The van der Waals surface area contributed by atoms with E-state index >= 15 is 0 Å². The summed E-state index contributed by atoms with van der Waals surface area (Å²) in [6.07, 6.45) is 7.56. The van der Waals surface area contributed by atoms with Crippen molar-refractivity contribution >= 4 is 10.8 Å². The molecular weight excluding hydrogens is 242 g/mol. The second-order valence-corrected chi connectivity index (χ2v) is 7.98. The van der Waals surface area contributed by atoms with Crippen molar-refractivity contribution in [2.75, 3.05) is 6.54 Å². The van der Waals surface area contributed by atoms with Crippen LogP contribution < -0.4 is 5.32 Å². The largest absolute Gasteiger partial charge is 0.313 e. The molecule has 108 valence electrons. The van der Waals surface area contributed by atoms with Gasteiger partial charge in [-0.1, -0.05) is 53.4 Å². The second kappa shape index (κ2) is 8.31. The highest BCUT2D eigenvalue weighted by molar-refractivity contribution is 7.86. The minimum absolute atomic E-state index is 0.315. The minimum Gasteiger partial charge on any atom is -0.313 e. The predicted molar refractivity (Wildman–Crippen MR) is 81.4 cm³/mol. The Morgan fingerprint density at radius 1 is 1.11 bits per heavy atom. The highest BCUT2D eigenvalue weighted by atomic mass is 32.2. The molecule has 0 spiro atoms. The van der Waals surface area contributed by atoms with Crippen LogP contribution in [0.3, 0.4) is 0 Å². The predicted octanol–water partition coefficient (Wildman–Crippen LogP) is 3.48. The van der Waals surface area contributed by atoms with Crippen molar-refractivity contribution in [3.8, 4) is 0 Å². The van der Waals surface area contributed by atoms with Gasteiger partial charge in [-0.15, -0.1) is 0 Å². The van der Waals surface area contributed by atoms with Crippen LogP contribution in [0.2, 0.25) is 0 Å². The van der Waals surface area contributed by atoms with Crippen LogP contribution in [0, 0.1) is 5.92 Å². The van der Waals surface area contributed by atoms with Crippen molar-refractivity contribution in [3.05, 3.63) is 0 Å². The number of hydrogen-bond donors (Lipinski definition) is 1. The molecule has 4 unspecified atom stereocenters. The maximum absolute atomic E-state index is 12.8. The smallest absolute Gasteiger partial charge is 0.0504 e. The topological polar surface area (TPSA) is 29.1 Å². The van der Waals surface area contributed by atoms with E-state index in [4.69, 9.17) is 0 Å². The highest BCUT2D eigenvalue weighted by Gasteiger charge is 2.30. The van der Waals surface area contributed by atoms with Crippen molar-refractivity contribution in [2.45, 2.75) is 82.8 Å². The molecule has 1 N–H and O–H groups in total. The van der Waals surface area contributed by atoms with Crippen molar-refractivity contribution in [1.29, 1.82) is 0 Å². The molecular formula is C15H31NOS. The van der Waals surface area contributed by atoms with Crippen LogP contribution in [-0.4, -0.2) is 27.3 Å². The number of nitrogens with one attached hydrogen (secondary N) is 1. The van der Waals surface area contributed by atoms with Gasteiger partial charge in [0.05, 0.1) is 5.25 Å². The van der Waals surface area contributed by atoms with E-state index in [0.29, 0.717) is 22.5 Å². The average Bonchev–Trinajstić information content (AvgIpc) is 2.31. The Balaban J connectivity index is 2.73. The van der Waals surface area contributed by atoms with Crippen LogP contribution in [0.4, 0.5) is 0 Å². The first kappa shape index (κ1) is 16.2. The summed E-state index contributed by atoms with van der Waals surface area (Å²) in [4.78, 5) is 0. The molecule has 18 heavy (non-hydrogen) atoms. The van der Waals surface area contributed by atoms with Gasteiger partial charge in [-0.2, -0.15) is 0 Å². The third-order valence-electron chi connectivity index (χ3n) is 4.27. The lowest BCUT2D eigenvalue weighted by Gasteiger charge is -2.32. The van der Waals surface area contributed by atoms with Crippen molar-refractivity contribution in [2.24, 2.45) is 5.92 Å². The summed E-state index contributed by atoms with van der Waals surface area (Å²) in [5.41, 5.74) is 0. The van der Waals surface area contributed by atoms with E-state index in [2.05, 4.69) is 33.0 Å². The Morgan fingerprint density at radius 2 is 1.72 bits per heavy atom. The molecule has 0 heterocycles. The lowest BCUT2D eigenvalue weighted by atomic mass is 9.96. The zero-order chi connectivity index (χ0) is 13.5. The summed E-state index contributed by atoms with van der Waals surface area (Å²) >= 11 is 0. The molecule has 1 saturated carbocycles. The molecule has 0 aromatic carbocycles. The summed E-state index contributed by atoms with van der Waals surface area (Å²) in [7, 11) is -0.694. The molecule has 0 aliphatic heterocycles. The maximum Gasteiger partial charge on any atom is 0.0504 e. The normalized spacial score (nSPS) is 29.6. The highest BCUT2D eigenvalue weighted by Crippen LogP contribution is 2.25. The zero-order valence-corrected chi connectivity index (χ0v) is 13.4. The van der Waals surface area contributed by atoms with E-state index in [1.807, 2.05) is 0 Å². The van der Waals surface area contributed by atoms with Crippen molar-refractivity contribution in [1.82, 2.24) is 5.32 Å². The van der Waals surface area contributed by atoms with Gasteiger partial charge in [0.1, 0.15) is 0 Å². The van der Waals surface area contributed by atoms with Crippen molar-refractivity contribution in [3.63, 3.8) is 0 Å². The Morgan fingerprint density at radius 3 is 2.28 bits per heavy atom. The fraction of sp³-hybridized carbons (Fsp3) is 1.00. The van der Waals surface area contributed by atoms with E-state index < -0.39 is 10.8 Å². The van der Waals surface area contributed by atoms with Gasteiger partial charge in [0, 0.05) is 22.1 Å². The van der Waals surface area contributed by atoms with E-state index in [0.717, 1.165) is 13.0 Å². The quantitative estimate of drug-likeness (QED) is 0.831. The lowest BCUT2D eigenvalue weighted by molar-refractivity contribution is 0.398. The van der Waals surface area contributed by atoms with Gasteiger partial charge in [-0.25, -0.2) is 0 Å². The Hall–Kier alpha value is 0.110. The molecule has 4 atom stereocenters. The fourth-order valence-electron chi connectivity index (χ4n) is 2.77. The molecule has 0 radical (unpaired) electrons. The van der Waals surface area contributed by atoms with Gasteiger partial charge >= 0.3 is 0 Å². The van der Waals surface area contributed by atoms with Gasteiger partial charge < -0.3 is 5.32 Å². The maximum atomic E-state index is 12.8. The average molecular weight is 273 g/mol. The molecule has 0 aromatic rings. The van der Waals surface area contributed by atoms with Crippen LogP contribution in [0.15, 0.2) is 0 Å². The van der Waals surface area contributed by atoms with Gasteiger partial charge in [-0.05, 0) is 25.3 Å². The molecule has 1 fully saturated rings. The Labute approximate surface area is 116 Å². The number of rotatable bonds is 5. The molecule has 0 bridgehead atoms. The van der Waals surface area contributed by atoms with Crippen LogP contribution in [0.25, 0.3) is 0 Å². The third-order valence-corrected chi connectivity index (χ3v) is 6.71. The molecule has 1 rings (SSSR count). The Kier molecular flexibility index (Phi) is 7.47.